The molecule has 0 aromatic rings. The van der Waals surface area contributed by atoms with E-state index in [-0.39, 0.29) is 0 Å². The van der Waals surface area contributed by atoms with E-state index in [1.807, 2.05) is 27.7 Å². The summed E-state index contributed by atoms with van der Waals surface area (Å²) in [7, 11) is 0. The fourth-order valence-corrected chi connectivity index (χ4v) is 0.739. The lowest BCUT2D eigenvalue weighted by Crippen LogP contribution is -1.90. The first-order valence-electron chi connectivity index (χ1n) is 5.31. The molecule has 0 aromatic carbocycles. The highest BCUT2D eigenvalue weighted by Crippen LogP contribution is 2.11. The average molecular weight is 172 g/mol. The zero-order chi connectivity index (χ0) is 10.6. The van der Waals surface area contributed by atoms with Crippen molar-refractivity contribution < 1.29 is 0 Å². The van der Waals surface area contributed by atoms with Gasteiger partial charge < -0.3 is 0 Å². The molecule has 0 spiro atoms. The molecule has 12 heavy (non-hydrogen) atoms. The van der Waals surface area contributed by atoms with Gasteiger partial charge in [0.2, 0.25) is 0 Å². The molecule has 0 radical (unpaired) electrons. The van der Waals surface area contributed by atoms with Gasteiger partial charge in [0.15, 0.2) is 0 Å². The second-order valence-corrected chi connectivity index (χ2v) is 2.67. The second kappa shape index (κ2) is 17.0. The van der Waals surface area contributed by atoms with Gasteiger partial charge in [-0.3, -0.25) is 0 Å². The lowest BCUT2D eigenvalue weighted by molar-refractivity contribution is 0.558. The van der Waals surface area contributed by atoms with Crippen molar-refractivity contribution in [2.24, 2.45) is 5.92 Å². The van der Waals surface area contributed by atoms with Crippen LogP contribution in [0.5, 0.6) is 0 Å². The molecule has 1 atom stereocenters. The van der Waals surface area contributed by atoms with Crippen LogP contribution in [0, 0.1) is 5.92 Å². The zero-order valence-corrected chi connectivity index (χ0v) is 10.2. The third kappa shape index (κ3) is 22.6. The van der Waals surface area contributed by atoms with Crippen molar-refractivity contribution in [2.45, 2.75) is 61.3 Å². The molecule has 0 saturated carbocycles. The molecule has 0 rings (SSSR count). The first-order valence-corrected chi connectivity index (χ1v) is 5.31. The molecule has 0 unspecified atom stereocenters. The third-order valence-electron chi connectivity index (χ3n) is 1.39. The van der Waals surface area contributed by atoms with Crippen molar-refractivity contribution in [1.82, 2.24) is 0 Å². The molecule has 0 amide bonds. The topological polar surface area (TPSA) is 0 Å². The fraction of sp³-hybridized carbons (Fsp3) is 0.833. The monoisotopic (exact) mass is 172 g/mol. The summed E-state index contributed by atoms with van der Waals surface area (Å²) in [5.74, 6) is 0.826. The highest BCUT2D eigenvalue weighted by Gasteiger charge is 1.95. The van der Waals surface area contributed by atoms with Crippen LogP contribution in [0.2, 0.25) is 0 Å². The van der Waals surface area contributed by atoms with Crippen LogP contribution in [0.25, 0.3) is 0 Å². The van der Waals surface area contributed by atoms with Crippen LogP contribution < -0.4 is 0 Å². The summed E-state index contributed by atoms with van der Waals surface area (Å²) in [4.78, 5) is 0. The van der Waals surface area contributed by atoms with Crippen LogP contribution in [-0.2, 0) is 0 Å². The van der Waals surface area contributed by atoms with E-state index in [9.17, 15) is 0 Å². The number of rotatable bonds is 3. The van der Waals surface area contributed by atoms with Gasteiger partial charge in [0, 0.05) is 0 Å². The van der Waals surface area contributed by atoms with Gasteiger partial charge in [0.25, 0.3) is 0 Å². The Bertz CT molecular complexity index is 72.1. The van der Waals surface area contributed by atoms with E-state index in [0.29, 0.717) is 0 Å². The molecule has 0 bridgehead atoms. The van der Waals surface area contributed by atoms with Gasteiger partial charge in [-0.1, -0.05) is 53.5 Å². The van der Waals surface area contributed by atoms with Crippen molar-refractivity contribution in [1.29, 1.82) is 0 Å². The molecular formula is C12H28. The minimum absolute atomic E-state index is 0.826. The molecule has 0 heteroatoms. The van der Waals surface area contributed by atoms with Crippen molar-refractivity contribution in [3.63, 3.8) is 0 Å². The smallest absolute Gasteiger partial charge is 0.0300 e. The maximum Gasteiger partial charge on any atom is -0.0300 e. The van der Waals surface area contributed by atoms with E-state index in [2.05, 4.69) is 27.4 Å². The van der Waals surface area contributed by atoms with Crippen molar-refractivity contribution in [3.05, 3.63) is 12.2 Å². The van der Waals surface area contributed by atoms with Gasteiger partial charge in [-0.15, -0.1) is 6.58 Å². The zero-order valence-electron chi connectivity index (χ0n) is 10.2. The minimum atomic E-state index is 0.826. The Balaban J connectivity index is -0.000000175. The Labute approximate surface area is 80.1 Å². The summed E-state index contributed by atoms with van der Waals surface area (Å²) in [5.41, 5.74) is 1.30. The Hall–Kier alpha value is -0.260. The highest BCUT2D eigenvalue weighted by atomic mass is 14.0. The summed E-state index contributed by atoms with van der Waals surface area (Å²) >= 11 is 0. The summed E-state index contributed by atoms with van der Waals surface area (Å²) in [6.45, 7) is 18.4. The van der Waals surface area contributed by atoms with Crippen LogP contribution in [0.1, 0.15) is 61.3 Å². The van der Waals surface area contributed by atoms with E-state index in [1.54, 1.807) is 0 Å². The maximum atomic E-state index is 3.84. The Kier molecular flexibility index (Phi) is 25.1. The summed E-state index contributed by atoms with van der Waals surface area (Å²) in [6.07, 6.45) is 2.46. The fourth-order valence-electron chi connectivity index (χ4n) is 0.739. The molecule has 0 aromatic heterocycles. The number of allylic oxidation sites excluding steroid dienone is 1. The quantitative estimate of drug-likeness (QED) is 0.522. The van der Waals surface area contributed by atoms with Crippen molar-refractivity contribution >= 4 is 0 Å². The molecular weight excluding hydrogens is 144 g/mol. The van der Waals surface area contributed by atoms with Crippen LogP contribution >= 0.6 is 0 Å². The van der Waals surface area contributed by atoms with E-state index >= 15 is 0 Å². The van der Waals surface area contributed by atoms with Crippen LogP contribution in [0.3, 0.4) is 0 Å². The van der Waals surface area contributed by atoms with Gasteiger partial charge in [-0.2, -0.15) is 0 Å². The first-order chi connectivity index (χ1) is 5.66. The SMILES string of the molecule is C=C(C)C[C@H](C)CC.CC.CC. The van der Waals surface area contributed by atoms with Crippen LogP contribution in [0.15, 0.2) is 12.2 Å². The van der Waals surface area contributed by atoms with Crippen molar-refractivity contribution in [3.8, 4) is 0 Å². The van der Waals surface area contributed by atoms with Crippen molar-refractivity contribution in [2.75, 3.05) is 0 Å². The summed E-state index contributed by atoms with van der Waals surface area (Å²) in [6, 6.07) is 0. The Morgan fingerprint density at radius 2 is 1.50 bits per heavy atom. The van der Waals surface area contributed by atoms with Crippen LogP contribution in [0.4, 0.5) is 0 Å². The van der Waals surface area contributed by atoms with E-state index in [1.165, 1.54) is 18.4 Å². The minimum Gasteiger partial charge on any atom is -0.100 e. The Morgan fingerprint density at radius 3 is 1.58 bits per heavy atom. The molecule has 76 valence electrons. The molecule has 0 saturated heterocycles. The van der Waals surface area contributed by atoms with Gasteiger partial charge >= 0.3 is 0 Å². The normalized spacial score (nSPS) is 9.92. The van der Waals surface area contributed by atoms with Gasteiger partial charge in [-0.25, -0.2) is 0 Å². The van der Waals surface area contributed by atoms with Crippen LogP contribution in [-0.4, -0.2) is 0 Å². The van der Waals surface area contributed by atoms with Gasteiger partial charge in [0.05, 0.1) is 0 Å². The summed E-state index contributed by atoms with van der Waals surface area (Å²) < 4.78 is 0. The van der Waals surface area contributed by atoms with E-state index in [4.69, 9.17) is 0 Å². The second-order valence-electron chi connectivity index (χ2n) is 2.67. The predicted molar refractivity (Wildman–Crippen MR) is 61.6 cm³/mol. The molecule has 0 aliphatic rings. The standard InChI is InChI=1S/C8H16.2C2H6/c1-5-8(4)6-7(2)3;2*1-2/h8H,2,5-6H2,1,3-4H3;2*1-2H3/t8-;;/m1../s1. The molecule has 0 aliphatic heterocycles. The molecule has 0 N–H and O–H groups in total. The number of hydrogen-bond donors (Lipinski definition) is 0. The molecule has 0 nitrogen and oxygen atoms in total. The summed E-state index contributed by atoms with van der Waals surface area (Å²) in [5, 5.41) is 0. The maximum absolute atomic E-state index is 3.84. The lowest BCUT2D eigenvalue weighted by Gasteiger charge is -2.05. The van der Waals surface area contributed by atoms with E-state index in [0.717, 1.165) is 5.92 Å². The van der Waals surface area contributed by atoms with E-state index < -0.39 is 0 Å². The highest BCUT2D eigenvalue weighted by molar-refractivity contribution is 4.88. The average Bonchev–Trinajstić information content (AvgIpc) is 2.10. The first kappa shape index (κ1) is 17.7. The predicted octanol–water partition coefficient (Wildman–Crippen LogP) is 5.05. The largest absolute Gasteiger partial charge is 0.100 e. The molecule has 0 aliphatic carbocycles. The number of hydrogen-bond acceptors (Lipinski definition) is 0. The van der Waals surface area contributed by atoms with Gasteiger partial charge in [0.1, 0.15) is 0 Å². The molecule has 0 fully saturated rings. The van der Waals surface area contributed by atoms with Gasteiger partial charge in [-0.05, 0) is 19.3 Å². The lowest BCUT2D eigenvalue weighted by atomic mass is 10.0. The third-order valence-corrected chi connectivity index (χ3v) is 1.39. The Morgan fingerprint density at radius 1 is 1.17 bits per heavy atom. The molecule has 0 heterocycles.